The molecule has 4 rings (SSSR count). The zero-order valence-corrected chi connectivity index (χ0v) is 21.6. The highest BCUT2D eigenvalue weighted by Crippen LogP contribution is 2.30. The Hall–Kier alpha value is -2.32. The minimum Gasteiger partial charge on any atom is -0.350 e. The number of nitrogens with zero attached hydrogens (tertiary/aromatic N) is 3. The molecule has 3 heterocycles. The fourth-order valence-corrected chi connectivity index (χ4v) is 6.77. The van der Waals surface area contributed by atoms with Gasteiger partial charge in [0.1, 0.15) is 4.90 Å². The van der Waals surface area contributed by atoms with E-state index >= 15 is 0 Å². The van der Waals surface area contributed by atoms with Gasteiger partial charge < -0.3 is 9.47 Å². The van der Waals surface area contributed by atoms with Gasteiger partial charge in [-0.2, -0.15) is 0 Å². The van der Waals surface area contributed by atoms with E-state index in [0.29, 0.717) is 35.7 Å². The average molecular weight is 487 g/mol. The number of piperidine rings is 1. The lowest BCUT2D eigenvalue weighted by Crippen LogP contribution is -2.33. The number of nitrogens with one attached hydrogen (secondary N) is 1. The summed E-state index contributed by atoms with van der Waals surface area (Å²) in [5.74, 6) is -0.180. The van der Waals surface area contributed by atoms with Crippen LogP contribution < -0.4 is 4.72 Å². The Kier molecular flexibility index (Phi) is 7.67. The Morgan fingerprint density at radius 2 is 1.41 bits per heavy atom. The standard InChI is InChI=1S/C26H38N4O3S/c1-20-24(26(31)30-17-9-4-5-10-18-30)25(21(2)28(20)3)34(32,33)27-23-13-11-22(12-14-23)19-29-15-7-6-8-16-29/h11-14,27H,4-10,15-19H2,1-3H3. The van der Waals surface area contributed by atoms with E-state index in [4.69, 9.17) is 0 Å². The van der Waals surface area contributed by atoms with E-state index in [1.54, 1.807) is 11.5 Å². The molecular formula is C26H38N4O3S. The van der Waals surface area contributed by atoms with Gasteiger partial charge in [0.25, 0.3) is 15.9 Å². The van der Waals surface area contributed by atoms with Crippen LogP contribution in [-0.2, 0) is 23.6 Å². The molecule has 1 aromatic heterocycles. The van der Waals surface area contributed by atoms with Crippen molar-refractivity contribution in [2.45, 2.75) is 70.2 Å². The maximum atomic E-state index is 13.6. The maximum Gasteiger partial charge on any atom is 0.264 e. The molecule has 34 heavy (non-hydrogen) atoms. The van der Waals surface area contributed by atoms with E-state index in [1.165, 1.54) is 24.8 Å². The van der Waals surface area contributed by atoms with Gasteiger partial charge >= 0.3 is 0 Å². The molecule has 1 amide bonds. The number of amides is 1. The van der Waals surface area contributed by atoms with Gasteiger partial charge in [-0.3, -0.25) is 14.4 Å². The molecule has 1 aromatic carbocycles. The van der Waals surface area contributed by atoms with Crippen molar-refractivity contribution in [1.29, 1.82) is 0 Å². The Balaban J connectivity index is 1.57. The number of hydrogen-bond donors (Lipinski definition) is 1. The Morgan fingerprint density at radius 3 is 2.03 bits per heavy atom. The molecule has 0 aliphatic carbocycles. The summed E-state index contributed by atoms with van der Waals surface area (Å²) < 4.78 is 31.7. The third-order valence-electron chi connectivity index (χ3n) is 7.36. The highest BCUT2D eigenvalue weighted by atomic mass is 32.2. The van der Waals surface area contributed by atoms with Crippen LogP contribution in [0.2, 0.25) is 0 Å². The van der Waals surface area contributed by atoms with Gasteiger partial charge in [-0.05, 0) is 70.3 Å². The summed E-state index contributed by atoms with van der Waals surface area (Å²) in [6.07, 6.45) is 7.92. The highest BCUT2D eigenvalue weighted by molar-refractivity contribution is 7.92. The second-order valence-corrected chi connectivity index (χ2v) is 11.4. The van der Waals surface area contributed by atoms with E-state index < -0.39 is 10.0 Å². The molecule has 2 aliphatic heterocycles. The number of benzene rings is 1. The molecule has 2 aliphatic rings. The minimum absolute atomic E-state index is 0.0964. The molecule has 0 atom stereocenters. The number of carbonyl (C=O) groups is 1. The lowest BCUT2D eigenvalue weighted by atomic mass is 10.1. The number of sulfonamides is 1. The van der Waals surface area contributed by atoms with Crippen LogP contribution in [0.5, 0.6) is 0 Å². The molecule has 1 N–H and O–H groups in total. The lowest BCUT2D eigenvalue weighted by Gasteiger charge is -2.26. The maximum absolute atomic E-state index is 13.6. The summed E-state index contributed by atoms with van der Waals surface area (Å²) in [5.41, 5.74) is 3.25. The van der Waals surface area contributed by atoms with Crippen LogP contribution in [0.15, 0.2) is 29.2 Å². The molecule has 0 radical (unpaired) electrons. The van der Waals surface area contributed by atoms with Gasteiger partial charge in [-0.25, -0.2) is 8.42 Å². The molecular weight excluding hydrogens is 448 g/mol. The van der Waals surface area contributed by atoms with Crippen molar-refractivity contribution in [3.05, 3.63) is 46.8 Å². The van der Waals surface area contributed by atoms with Crippen LogP contribution in [-0.4, -0.2) is 54.9 Å². The lowest BCUT2D eigenvalue weighted by molar-refractivity contribution is 0.0757. The normalized spacial score (nSPS) is 18.0. The van der Waals surface area contributed by atoms with Crippen LogP contribution in [0.1, 0.15) is 72.3 Å². The second-order valence-electron chi connectivity index (χ2n) is 9.78. The third-order valence-corrected chi connectivity index (χ3v) is 8.90. The third kappa shape index (κ3) is 5.33. The van der Waals surface area contributed by atoms with Gasteiger partial charge in [-0.15, -0.1) is 0 Å². The highest BCUT2D eigenvalue weighted by Gasteiger charge is 2.33. The average Bonchev–Trinajstić information content (AvgIpc) is 3.00. The summed E-state index contributed by atoms with van der Waals surface area (Å²) in [4.78, 5) is 17.9. The summed E-state index contributed by atoms with van der Waals surface area (Å²) in [6, 6.07) is 7.61. The first-order chi connectivity index (χ1) is 16.3. The monoisotopic (exact) mass is 486 g/mol. The van der Waals surface area contributed by atoms with Gasteiger partial charge in [0.15, 0.2) is 0 Å². The van der Waals surface area contributed by atoms with E-state index in [2.05, 4.69) is 9.62 Å². The molecule has 2 aromatic rings. The molecule has 186 valence electrons. The Labute approximate surface area is 204 Å². The SMILES string of the molecule is Cc1c(C(=O)N2CCCCCC2)c(S(=O)(=O)Nc2ccc(CN3CCCCC3)cc2)c(C)n1C. The topological polar surface area (TPSA) is 74.7 Å². The molecule has 0 saturated carbocycles. The molecule has 2 fully saturated rings. The number of likely N-dealkylation sites (tertiary alicyclic amines) is 2. The first-order valence-electron chi connectivity index (χ1n) is 12.6. The molecule has 7 nitrogen and oxygen atoms in total. The summed E-state index contributed by atoms with van der Waals surface area (Å²) in [5, 5.41) is 0. The number of carbonyl (C=O) groups excluding carboxylic acids is 1. The fraction of sp³-hybridized carbons (Fsp3) is 0.577. The van der Waals surface area contributed by atoms with E-state index in [1.807, 2.05) is 43.1 Å². The first kappa shape index (κ1) is 24.8. The van der Waals surface area contributed by atoms with Gasteiger partial charge in [-0.1, -0.05) is 31.4 Å². The predicted octanol–water partition coefficient (Wildman–Crippen LogP) is 4.44. The van der Waals surface area contributed by atoms with E-state index in [9.17, 15) is 13.2 Å². The first-order valence-corrected chi connectivity index (χ1v) is 14.1. The Bertz CT molecular complexity index is 1110. The summed E-state index contributed by atoms with van der Waals surface area (Å²) in [6.45, 7) is 8.08. The van der Waals surface area contributed by atoms with E-state index in [-0.39, 0.29) is 10.8 Å². The van der Waals surface area contributed by atoms with Crippen LogP contribution in [0.25, 0.3) is 0 Å². The van der Waals surface area contributed by atoms with Crippen molar-refractivity contribution in [3.8, 4) is 0 Å². The predicted molar refractivity (Wildman–Crippen MR) is 136 cm³/mol. The quantitative estimate of drug-likeness (QED) is 0.655. The number of hydrogen-bond acceptors (Lipinski definition) is 4. The largest absolute Gasteiger partial charge is 0.350 e. The van der Waals surface area contributed by atoms with Crippen molar-refractivity contribution in [3.63, 3.8) is 0 Å². The molecule has 0 spiro atoms. The van der Waals surface area contributed by atoms with Crippen molar-refractivity contribution in [2.24, 2.45) is 7.05 Å². The summed E-state index contributed by atoms with van der Waals surface area (Å²) >= 11 is 0. The van der Waals surface area contributed by atoms with E-state index in [0.717, 1.165) is 45.3 Å². The van der Waals surface area contributed by atoms with Crippen molar-refractivity contribution < 1.29 is 13.2 Å². The Morgan fingerprint density at radius 1 is 0.853 bits per heavy atom. The molecule has 2 saturated heterocycles. The zero-order chi connectivity index (χ0) is 24.3. The number of aromatic nitrogens is 1. The minimum atomic E-state index is -3.94. The second kappa shape index (κ2) is 10.5. The van der Waals surface area contributed by atoms with Crippen molar-refractivity contribution in [2.75, 3.05) is 30.9 Å². The van der Waals surface area contributed by atoms with Crippen LogP contribution in [0.4, 0.5) is 5.69 Å². The van der Waals surface area contributed by atoms with Crippen molar-refractivity contribution >= 4 is 21.6 Å². The van der Waals surface area contributed by atoms with Crippen LogP contribution in [0.3, 0.4) is 0 Å². The summed E-state index contributed by atoms with van der Waals surface area (Å²) in [7, 11) is -2.12. The van der Waals surface area contributed by atoms with Gasteiger partial charge in [0, 0.05) is 43.8 Å². The number of anilines is 1. The van der Waals surface area contributed by atoms with Crippen LogP contribution in [0, 0.1) is 13.8 Å². The van der Waals surface area contributed by atoms with Gasteiger partial charge in [0.2, 0.25) is 0 Å². The molecule has 8 heteroatoms. The fourth-order valence-electron chi connectivity index (χ4n) is 5.19. The van der Waals surface area contributed by atoms with Crippen LogP contribution >= 0.6 is 0 Å². The number of rotatable bonds is 6. The smallest absolute Gasteiger partial charge is 0.264 e. The molecule has 0 bridgehead atoms. The van der Waals surface area contributed by atoms with Crippen molar-refractivity contribution in [1.82, 2.24) is 14.4 Å². The van der Waals surface area contributed by atoms with Gasteiger partial charge in [0.05, 0.1) is 5.56 Å². The molecule has 0 unspecified atom stereocenters. The zero-order valence-electron chi connectivity index (χ0n) is 20.8.